The van der Waals surface area contributed by atoms with Crippen LogP contribution in [0.25, 0.3) is 11.1 Å². The summed E-state index contributed by atoms with van der Waals surface area (Å²) in [5, 5.41) is 3.57. The third-order valence-electron chi connectivity index (χ3n) is 3.33. The summed E-state index contributed by atoms with van der Waals surface area (Å²) in [6, 6.07) is 6.64. The lowest BCUT2D eigenvalue weighted by Crippen LogP contribution is -2.24. The molecule has 1 heterocycles. The van der Waals surface area contributed by atoms with Crippen LogP contribution < -0.4 is 5.32 Å². The fourth-order valence-corrected chi connectivity index (χ4v) is 2.17. The number of hydrogen-bond donors (Lipinski definition) is 1. The summed E-state index contributed by atoms with van der Waals surface area (Å²) in [6.45, 7) is 8.74. The van der Waals surface area contributed by atoms with Crippen molar-refractivity contribution in [3.63, 3.8) is 0 Å². The van der Waals surface area contributed by atoms with Gasteiger partial charge in [-0.2, -0.15) is 0 Å². The number of nitrogens with one attached hydrogen (secondary N) is 1. The van der Waals surface area contributed by atoms with Crippen molar-refractivity contribution in [1.29, 1.82) is 0 Å². The topological polar surface area (TPSA) is 38.1 Å². The second kappa shape index (κ2) is 5.42. The van der Waals surface area contributed by atoms with E-state index >= 15 is 0 Å². The van der Waals surface area contributed by atoms with Gasteiger partial charge in [0.25, 0.3) is 0 Å². The molecule has 0 fully saturated rings. The number of benzene rings is 1. The number of fused-ring (bicyclic) bond motifs is 1. The normalized spacial score (nSPS) is 13.2. The van der Waals surface area contributed by atoms with Gasteiger partial charge in [-0.3, -0.25) is 0 Å². The molecule has 1 N–H and O–H groups in total. The van der Waals surface area contributed by atoms with Gasteiger partial charge in [0.1, 0.15) is 5.52 Å². The number of aromatic nitrogens is 1. The van der Waals surface area contributed by atoms with Gasteiger partial charge in [-0.05, 0) is 30.5 Å². The number of hydrogen-bond acceptors (Lipinski definition) is 3. The zero-order valence-corrected chi connectivity index (χ0v) is 11.7. The molecule has 0 amide bonds. The number of oxazole rings is 1. The Hall–Kier alpha value is -1.51. The Morgan fingerprint density at radius 1 is 1.28 bits per heavy atom. The zero-order chi connectivity index (χ0) is 13.1. The lowest BCUT2D eigenvalue weighted by molar-refractivity contribution is 0.511. The second-order valence-corrected chi connectivity index (χ2v) is 5.05. The Kier molecular flexibility index (Phi) is 3.90. The summed E-state index contributed by atoms with van der Waals surface area (Å²) >= 11 is 0. The van der Waals surface area contributed by atoms with Crippen LogP contribution in [-0.4, -0.2) is 11.0 Å². The van der Waals surface area contributed by atoms with E-state index in [0.717, 1.165) is 35.5 Å². The summed E-state index contributed by atoms with van der Waals surface area (Å²) in [6.07, 6.45) is 1.95. The van der Waals surface area contributed by atoms with E-state index in [2.05, 4.69) is 50.1 Å². The average Bonchev–Trinajstić information content (AvgIpc) is 2.77. The Labute approximate surface area is 109 Å². The molecule has 3 heteroatoms. The molecule has 18 heavy (non-hydrogen) atoms. The fraction of sp³-hybridized carbons (Fsp3) is 0.533. The lowest BCUT2D eigenvalue weighted by atomic mass is 10.0. The molecule has 0 bridgehead atoms. The van der Waals surface area contributed by atoms with Gasteiger partial charge < -0.3 is 9.73 Å². The van der Waals surface area contributed by atoms with E-state index < -0.39 is 0 Å². The van der Waals surface area contributed by atoms with Gasteiger partial charge in [0.15, 0.2) is 11.5 Å². The molecule has 1 unspecified atom stereocenters. The average molecular weight is 246 g/mol. The largest absolute Gasteiger partial charge is 0.441 e. The molecule has 0 saturated heterocycles. The van der Waals surface area contributed by atoms with Crippen molar-refractivity contribution in [2.24, 2.45) is 5.92 Å². The number of nitrogens with zero attached hydrogens (tertiary/aromatic N) is 1. The fourth-order valence-electron chi connectivity index (χ4n) is 2.17. The van der Waals surface area contributed by atoms with Crippen LogP contribution in [-0.2, 0) is 6.42 Å². The highest BCUT2D eigenvalue weighted by atomic mass is 16.3. The molecule has 2 rings (SSSR count). The third kappa shape index (κ3) is 2.66. The Bertz CT molecular complexity index is 516. The van der Waals surface area contributed by atoms with Gasteiger partial charge >= 0.3 is 0 Å². The predicted molar refractivity (Wildman–Crippen MR) is 75.9 cm³/mol. The van der Waals surface area contributed by atoms with Crippen LogP contribution in [0, 0.1) is 5.92 Å². The minimum Gasteiger partial charge on any atom is -0.441 e. The lowest BCUT2D eigenvalue weighted by Gasteiger charge is -2.21. The molecular formula is C15H22N2O. The summed E-state index contributed by atoms with van der Waals surface area (Å²) in [4.78, 5) is 4.46. The third-order valence-corrected chi connectivity index (χ3v) is 3.33. The summed E-state index contributed by atoms with van der Waals surface area (Å²) in [5.74, 6) is 1.42. The Morgan fingerprint density at radius 3 is 2.67 bits per heavy atom. The predicted octanol–water partition coefficient (Wildman–Crippen LogP) is 4.24. The van der Waals surface area contributed by atoms with E-state index in [1.54, 1.807) is 0 Å². The number of anilines is 1. The van der Waals surface area contributed by atoms with E-state index in [1.165, 1.54) is 0 Å². The highest BCUT2D eigenvalue weighted by Gasteiger charge is 2.11. The maximum atomic E-state index is 5.61. The molecule has 0 spiro atoms. The van der Waals surface area contributed by atoms with Crippen LogP contribution in [0.15, 0.2) is 22.6 Å². The maximum Gasteiger partial charge on any atom is 0.195 e. The minimum atomic E-state index is 0.500. The van der Waals surface area contributed by atoms with Crippen LogP contribution >= 0.6 is 0 Å². The van der Waals surface area contributed by atoms with Crippen molar-refractivity contribution in [3.05, 3.63) is 24.1 Å². The molecule has 0 saturated carbocycles. The van der Waals surface area contributed by atoms with Gasteiger partial charge in [0.2, 0.25) is 0 Å². The SMILES string of the molecule is CCc1nc2cc(NC(CC)C(C)C)ccc2o1. The number of aryl methyl sites for hydroxylation is 1. The van der Waals surface area contributed by atoms with Crippen molar-refractivity contribution in [2.75, 3.05) is 5.32 Å². The second-order valence-electron chi connectivity index (χ2n) is 5.05. The first-order valence-electron chi connectivity index (χ1n) is 6.80. The van der Waals surface area contributed by atoms with Crippen molar-refractivity contribution in [3.8, 4) is 0 Å². The Morgan fingerprint density at radius 2 is 2.06 bits per heavy atom. The molecule has 0 aliphatic heterocycles. The van der Waals surface area contributed by atoms with Crippen LogP contribution in [0.1, 0.15) is 40.0 Å². The summed E-state index contributed by atoms with van der Waals surface area (Å²) < 4.78 is 5.61. The van der Waals surface area contributed by atoms with Gasteiger partial charge in [0.05, 0.1) is 0 Å². The quantitative estimate of drug-likeness (QED) is 0.857. The molecule has 3 nitrogen and oxygen atoms in total. The monoisotopic (exact) mass is 246 g/mol. The van der Waals surface area contributed by atoms with Gasteiger partial charge in [-0.15, -0.1) is 0 Å². The Balaban J connectivity index is 2.23. The van der Waals surface area contributed by atoms with Crippen molar-refractivity contribution in [2.45, 2.75) is 46.6 Å². The molecular weight excluding hydrogens is 224 g/mol. The van der Waals surface area contributed by atoms with E-state index in [-0.39, 0.29) is 0 Å². The van der Waals surface area contributed by atoms with Crippen molar-refractivity contribution >= 4 is 16.8 Å². The maximum absolute atomic E-state index is 5.61. The minimum absolute atomic E-state index is 0.500. The molecule has 0 aliphatic rings. The molecule has 1 aromatic heterocycles. The van der Waals surface area contributed by atoms with E-state index in [9.17, 15) is 0 Å². The van der Waals surface area contributed by atoms with Crippen LogP contribution in [0.2, 0.25) is 0 Å². The molecule has 0 radical (unpaired) electrons. The molecule has 2 aromatic rings. The van der Waals surface area contributed by atoms with Crippen molar-refractivity contribution < 1.29 is 4.42 Å². The summed E-state index contributed by atoms with van der Waals surface area (Å²) in [7, 11) is 0. The van der Waals surface area contributed by atoms with Crippen LogP contribution in [0.5, 0.6) is 0 Å². The highest BCUT2D eigenvalue weighted by molar-refractivity contribution is 5.77. The smallest absolute Gasteiger partial charge is 0.195 e. The summed E-state index contributed by atoms with van der Waals surface area (Å²) in [5.41, 5.74) is 2.93. The molecule has 1 aromatic carbocycles. The first kappa shape index (κ1) is 12.9. The van der Waals surface area contributed by atoms with E-state index in [0.29, 0.717) is 12.0 Å². The van der Waals surface area contributed by atoms with Gasteiger partial charge in [-0.25, -0.2) is 4.98 Å². The van der Waals surface area contributed by atoms with E-state index in [1.807, 2.05) is 6.07 Å². The highest BCUT2D eigenvalue weighted by Crippen LogP contribution is 2.22. The first-order chi connectivity index (χ1) is 8.63. The van der Waals surface area contributed by atoms with Gasteiger partial charge in [-0.1, -0.05) is 27.7 Å². The van der Waals surface area contributed by atoms with Crippen molar-refractivity contribution in [1.82, 2.24) is 4.98 Å². The van der Waals surface area contributed by atoms with Gasteiger partial charge in [0, 0.05) is 18.2 Å². The molecule has 98 valence electrons. The van der Waals surface area contributed by atoms with E-state index in [4.69, 9.17) is 4.42 Å². The number of rotatable bonds is 5. The molecule has 0 aliphatic carbocycles. The van der Waals surface area contributed by atoms with Crippen LogP contribution in [0.4, 0.5) is 5.69 Å². The first-order valence-corrected chi connectivity index (χ1v) is 6.80. The van der Waals surface area contributed by atoms with Crippen LogP contribution in [0.3, 0.4) is 0 Å². The molecule has 1 atom stereocenters. The standard InChI is InChI=1S/C15H22N2O/c1-5-12(10(3)4)16-11-7-8-14-13(9-11)17-15(6-2)18-14/h7-10,12,16H,5-6H2,1-4H3. The zero-order valence-electron chi connectivity index (χ0n) is 11.7.